The standard InChI is InChI=1S/C18H14ClN7O3S/c1-25-6-11(5-21-25)17-24-14(8-30-17)18(28)29-7-16(27)23-13-4-12(19)2-3-15(13)26-10-20-9-22-26/h2-6,8-10H,7H2,1H3,(H,23,27). The molecule has 0 radical (unpaired) electrons. The third-order valence-electron chi connectivity index (χ3n) is 3.90. The quantitative estimate of drug-likeness (QED) is 0.455. The molecule has 3 aromatic heterocycles. The highest BCUT2D eigenvalue weighted by Gasteiger charge is 2.17. The van der Waals surface area contributed by atoms with E-state index < -0.39 is 18.5 Å². The van der Waals surface area contributed by atoms with Gasteiger partial charge in [-0.15, -0.1) is 11.3 Å². The molecule has 12 heteroatoms. The molecule has 3 heterocycles. The molecular formula is C18H14ClN7O3S. The first-order chi connectivity index (χ1) is 14.5. The second-order valence-electron chi connectivity index (χ2n) is 6.07. The highest BCUT2D eigenvalue weighted by Crippen LogP contribution is 2.25. The highest BCUT2D eigenvalue weighted by molar-refractivity contribution is 7.13. The van der Waals surface area contributed by atoms with E-state index in [0.29, 0.717) is 21.4 Å². The van der Waals surface area contributed by atoms with Gasteiger partial charge in [0.05, 0.1) is 17.6 Å². The number of benzene rings is 1. The van der Waals surface area contributed by atoms with Crippen molar-refractivity contribution in [2.24, 2.45) is 7.05 Å². The third-order valence-corrected chi connectivity index (χ3v) is 5.02. The number of aromatic nitrogens is 6. The molecule has 0 saturated carbocycles. The Hall–Kier alpha value is -3.57. The van der Waals surface area contributed by atoms with Gasteiger partial charge in [-0.2, -0.15) is 10.2 Å². The number of rotatable bonds is 6. The minimum absolute atomic E-state index is 0.123. The third kappa shape index (κ3) is 4.36. The predicted octanol–water partition coefficient (Wildman–Crippen LogP) is 2.57. The smallest absolute Gasteiger partial charge is 0.358 e. The molecule has 152 valence electrons. The van der Waals surface area contributed by atoms with Crippen molar-refractivity contribution >= 4 is 40.5 Å². The number of ether oxygens (including phenoxy) is 1. The van der Waals surface area contributed by atoms with Gasteiger partial charge in [0, 0.05) is 29.2 Å². The number of amides is 1. The van der Waals surface area contributed by atoms with Gasteiger partial charge in [0.1, 0.15) is 17.7 Å². The van der Waals surface area contributed by atoms with Gasteiger partial charge in [0.25, 0.3) is 5.91 Å². The number of hydrogen-bond donors (Lipinski definition) is 1. The van der Waals surface area contributed by atoms with Crippen molar-refractivity contribution in [3.8, 4) is 16.3 Å². The second kappa shape index (κ2) is 8.43. The fourth-order valence-electron chi connectivity index (χ4n) is 2.56. The summed E-state index contributed by atoms with van der Waals surface area (Å²) in [6.07, 6.45) is 6.30. The van der Waals surface area contributed by atoms with Crippen molar-refractivity contribution in [3.05, 3.63) is 59.3 Å². The van der Waals surface area contributed by atoms with Crippen molar-refractivity contribution in [1.29, 1.82) is 0 Å². The van der Waals surface area contributed by atoms with Crippen LogP contribution < -0.4 is 5.32 Å². The lowest BCUT2D eigenvalue weighted by molar-refractivity contribution is -0.119. The molecule has 30 heavy (non-hydrogen) atoms. The van der Waals surface area contributed by atoms with Crippen LogP contribution in [0.5, 0.6) is 0 Å². The zero-order valence-electron chi connectivity index (χ0n) is 15.5. The molecule has 0 aliphatic heterocycles. The number of nitrogens with one attached hydrogen (secondary N) is 1. The van der Waals surface area contributed by atoms with Crippen molar-refractivity contribution in [1.82, 2.24) is 29.5 Å². The molecule has 4 rings (SSSR count). The molecule has 1 amide bonds. The van der Waals surface area contributed by atoms with Crippen LogP contribution in [0, 0.1) is 0 Å². The van der Waals surface area contributed by atoms with Crippen LogP contribution in [-0.2, 0) is 16.6 Å². The Morgan fingerprint density at radius 3 is 2.90 bits per heavy atom. The zero-order valence-corrected chi connectivity index (χ0v) is 17.1. The second-order valence-corrected chi connectivity index (χ2v) is 7.36. The molecule has 0 aliphatic carbocycles. The maximum absolute atomic E-state index is 12.3. The lowest BCUT2D eigenvalue weighted by atomic mass is 10.2. The van der Waals surface area contributed by atoms with Gasteiger partial charge in [-0.3, -0.25) is 9.48 Å². The first kappa shape index (κ1) is 19.7. The first-order valence-corrected chi connectivity index (χ1v) is 9.81. The van der Waals surface area contributed by atoms with Crippen molar-refractivity contribution in [2.75, 3.05) is 11.9 Å². The van der Waals surface area contributed by atoms with Crippen LogP contribution >= 0.6 is 22.9 Å². The maximum Gasteiger partial charge on any atom is 0.358 e. The van der Waals surface area contributed by atoms with Crippen LogP contribution in [0.3, 0.4) is 0 Å². The van der Waals surface area contributed by atoms with E-state index in [2.05, 4.69) is 25.5 Å². The van der Waals surface area contributed by atoms with E-state index in [1.54, 1.807) is 47.7 Å². The van der Waals surface area contributed by atoms with Gasteiger partial charge < -0.3 is 10.1 Å². The van der Waals surface area contributed by atoms with Gasteiger partial charge in [-0.05, 0) is 18.2 Å². The molecule has 0 unspecified atom stereocenters. The summed E-state index contributed by atoms with van der Waals surface area (Å²) in [6.45, 7) is -0.484. The van der Waals surface area contributed by atoms with Gasteiger partial charge in [0.15, 0.2) is 12.3 Å². The Morgan fingerprint density at radius 2 is 2.17 bits per heavy atom. The SMILES string of the molecule is Cn1cc(-c2nc(C(=O)OCC(=O)Nc3cc(Cl)ccc3-n3cncn3)cs2)cn1. The van der Waals surface area contributed by atoms with Crippen LogP contribution in [0.2, 0.25) is 5.02 Å². The average molecular weight is 444 g/mol. The lowest BCUT2D eigenvalue weighted by Gasteiger charge is -2.11. The number of nitrogens with zero attached hydrogens (tertiary/aromatic N) is 6. The van der Waals surface area contributed by atoms with Crippen LogP contribution in [0.15, 0.2) is 48.6 Å². The summed E-state index contributed by atoms with van der Waals surface area (Å²) in [4.78, 5) is 32.7. The molecule has 4 aromatic rings. The topological polar surface area (TPSA) is 117 Å². The van der Waals surface area contributed by atoms with Crippen LogP contribution in [0.1, 0.15) is 10.5 Å². The molecule has 0 saturated heterocycles. The molecule has 0 atom stereocenters. The van der Waals surface area contributed by atoms with Crippen LogP contribution in [0.4, 0.5) is 5.69 Å². The summed E-state index contributed by atoms with van der Waals surface area (Å²) in [5, 5.41) is 13.4. The van der Waals surface area contributed by atoms with Gasteiger partial charge >= 0.3 is 5.97 Å². The predicted molar refractivity (Wildman–Crippen MR) is 110 cm³/mol. The number of thiazole rings is 1. The number of halogens is 1. The fourth-order valence-corrected chi connectivity index (χ4v) is 3.50. The van der Waals surface area contributed by atoms with Crippen molar-refractivity contribution in [3.63, 3.8) is 0 Å². The van der Waals surface area contributed by atoms with E-state index in [0.717, 1.165) is 5.56 Å². The molecule has 1 N–H and O–H groups in total. The van der Waals surface area contributed by atoms with Gasteiger partial charge in [-0.1, -0.05) is 11.6 Å². The number of esters is 1. The summed E-state index contributed by atoms with van der Waals surface area (Å²) in [7, 11) is 1.79. The molecular weight excluding hydrogens is 430 g/mol. The summed E-state index contributed by atoms with van der Waals surface area (Å²) in [5.74, 6) is -1.23. The fraction of sp³-hybridized carbons (Fsp3) is 0.111. The Bertz CT molecular complexity index is 1200. The number of aryl methyl sites for hydroxylation is 1. The van der Waals surface area contributed by atoms with E-state index in [4.69, 9.17) is 16.3 Å². The molecule has 0 fully saturated rings. The molecule has 0 spiro atoms. The van der Waals surface area contributed by atoms with Gasteiger partial charge in [-0.25, -0.2) is 19.4 Å². The Kier molecular flexibility index (Phi) is 5.55. The normalized spacial score (nSPS) is 10.7. The summed E-state index contributed by atoms with van der Waals surface area (Å²) >= 11 is 7.32. The number of carbonyl (C=O) groups is 2. The number of hydrogen-bond acceptors (Lipinski definition) is 8. The molecule has 1 aromatic carbocycles. The zero-order chi connectivity index (χ0) is 21.1. The molecule has 0 bridgehead atoms. The van der Waals surface area contributed by atoms with E-state index in [9.17, 15) is 9.59 Å². The Morgan fingerprint density at radius 1 is 1.30 bits per heavy atom. The van der Waals surface area contributed by atoms with E-state index in [-0.39, 0.29) is 5.69 Å². The summed E-state index contributed by atoms with van der Waals surface area (Å²) in [6, 6.07) is 4.92. The van der Waals surface area contributed by atoms with E-state index in [1.807, 2.05) is 0 Å². The minimum Gasteiger partial charge on any atom is -0.451 e. The average Bonchev–Trinajstić information content (AvgIpc) is 3.47. The van der Waals surface area contributed by atoms with Crippen molar-refractivity contribution < 1.29 is 14.3 Å². The Balaban J connectivity index is 1.39. The number of anilines is 1. The Labute approximate surface area is 179 Å². The molecule has 10 nitrogen and oxygen atoms in total. The van der Waals surface area contributed by atoms with Crippen molar-refractivity contribution in [2.45, 2.75) is 0 Å². The summed E-state index contributed by atoms with van der Waals surface area (Å²) in [5.41, 5.74) is 1.89. The monoisotopic (exact) mass is 443 g/mol. The summed E-state index contributed by atoms with van der Waals surface area (Å²) < 4.78 is 8.20. The number of carbonyl (C=O) groups excluding carboxylic acids is 2. The highest BCUT2D eigenvalue weighted by atomic mass is 35.5. The molecule has 0 aliphatic rings. The maximum atomic E-state index is 12.3. The largest absolute Gasteiger partial charge is 0.451 e. The van der Waals surface area contributed by atoms with Crippen LogP contribution in [-0.4, -0.2) is 48.0 Å². The minimum atomic E-state index is -0.695. The lowest BCUT2D eigenvalue weighted by Crippen LogP contribution is -2.22. The first-order valence-electron chi connectivity index (χ1n) is 8.55. The van der Waals surface area contributed by atoms with Gasteiger partial charge in [0.2, 0.25) is 0 Å². The van der Waals surface area contributed by atoms with Crippen LogP contribution in [0.25, 0.3) is 16.3 Å². The van der Waals surface area contributed by atoms with E-state index in [1.165, 1.54) is 28.7 Å². The van der Waals surface area contributed by atoms with E-state index >= 15 is 0 Å².